The van der Waals surface area contributed by atoms with Crippen LogP contribution in [0.2, 0.25) is 0 Å². The summed E-state index contributed by atoms with van der Waals surface area (Å²) >= 11 is 0. The molecule has 2 heterocycles. The smallest absolute Gasteiger partial charge is 0.227 e. The van der Waals surface area contributed by atoms with Crippen LogP contribution in [0, 0.1) is 24.7 Å². The Morgan fingerprint density at radius 3 is 2.52 bits per heavy atom. The molecule has 0 saturated carbocycles. The Bertz CT molecular complexity index is 685. The third-order valence-electron chi connectivity index (χ3n) is 6.40. The van der Waals surface area contributed by atoms with Crippen LogP contribution in [0.25, 0.3) is 0 Å². The van der Waals surface area contributed by atoms with Crippen LogP contribution in [-0.2, 0) is 4.79 Å². The Kier molecular flexibility index (Phi) is 8.21. The maximum Gasteiger partial charge on any atom is 0.227 e. The highest BCUT2D eigenvalue weighted by Gasteiger charge is 2.44. The maximum atomic E-state index is 14.8. The van der Waals surface area contributed by atoms with Crippen LogP contribution in [0.3, 0.4) is 0 Å². The Hall–Kier alpha value is -1.49. The highest BCUT2D eigenvalue weighted by Crippen LogP contribution is 2.38. The van der Waals surface area contributed by atoms with Crippen molar-refractivity contribution in [1.82, 2.24) is 14.8 Å². The van der Waals surface area contributed by atoms with Gasteiger partial charge < -0.3 is 4.90 Å². The van der Waals surface area contributed by atoms with Crippen molar-refractivity contribution in [3.05, 3.63) is 29.3 Å². The normalized spacial score (nSPS) is 21.4. The average Bonchev–Trinajstić information content (AvgIpc) is 3.09. The molecule has 0 bridgehead atoms. The molecule has 0 spiro atoms. The third-order valence-corrected chi connectivity index (χ3v) is 6.40. The largest absolute Gasteiger partial charge is 0.342 e. The summed E-state index contributed by atoms with van der Waals surface area (Å²) in [6, 6.07) is 3.69. The lowest BCUT2D eigenvalue weighted by molar-refractivity contribution is -0.135. The van der Waals surface area contributed by atoms with E-state index in [9.17, 15) is 9.18 Å². The van der Waals surface area contributed by atoms with Gasteiger partial charge in [0.1, 0.15) is 0 Å². The molecule has 0 radical (unpaired) electrons. The second-order valence-electron chi connectivity index (χ2n) is 9.75. The van der Waals surface area contributed by atoms with Crippen LogP contribution in [-0.4, -0.2) is 52.4 Å². The molecule has 3 unspecified atom stereocenters. The van der Waals surface area contributed by atoms with E-state index in [2.05, 4.69) is 51.4 Å². The topological polar surface area (TPSA) is 36.4 Å². The van der Waals surface area contributed by atoms with Gasteiger partial charge in [-0.15, -0.1) is 0 Å². The van der Waals surface area contributed by atoms with Gasteiger partial charge in [-0.25, -0.2) is 4.98 Å². The third kappa shape index (κ3) is 6.00. The number of carbonyl (C=O) groups is 1. The molecule has 1 amide bonds. The van der Waals surface area contributed by atoms with Gasteiger partial charge >= 0.3 is 0 Å². The van der Waals surface area contributed by atoms with Crippen molar-refractivity contribution in [3.63, 3.8) is 0 Å². The van der Waals surface area contributed by atoms with E-state index in [1.807, 2.05) is 17.0 Å². The molecule has 1 aromatic heterocycles. The van der Waals surface area contributed by atoms with E-state index in [1.165, 1.54) is 0 Å². The average molecular weight is 406 g/mol. The minimum atomic E-state index is -0.426. The first-order valence-corrected chi connectivity index (χ1v) is 11.2. The lowest BCUT2D eigenvalue weighted by atomic mass is 9.88. The number of hydrogen-bond acceptors (Lipinski definition) is 3. The zero-order valence-electron chi connectivity index (χ0n) is 19.5. The summed E-state index contributed by atoms with van der Waals surface area (Å²) in [5.74, 6) is -0.0297. The van der Waals surface area contributed by atoms with E-state index < -0.39 is 5.95 Å². The van der Waals surface area contributed by atoms with Crippen molar-refractivity contribution >= 4 is 5.91 Å². The summed E-state index contributed by atoms with van der Waals surface area (Å²) < 4.78 is 14.8. The quantitative estimate of drug-likeness (QED) is 0.570. The minimum absolute atomic E-state index is 0.0613. The fourth-order valence-corrected chi connectivity index (χ4v) is 4.15. The zero-order chi connectivity index (χ0) is 21.8. The number of nitrogens with zero attached hydrogens (tertiary/aromatic N) is 3. The van der Waals surface area contributed by atoms with Gasteiger partial charge in [-0.3, -0.25) is 9.69 Å². The number of likely N-dealkylation sites (tertiary alicyclic amines) is 1. The lowest BCUT2D eigenvalue weighted by Gasteiger charge is -2.32. The van der Waals surface area contributed by atoms with E-state index in [4.69, 9.17) is 0 Å². The van der Waals surface area contributed by atoms with Gasteiger partial charge in [0.2, 0.25) is 11.9 Å². The molecule has 164 valence electrons. The monoisotopic (exact) mass is 405 g/mol. The molecule has 0 aliphatic carbocycles. The molecular formula is C24H40FN3O. The summed E-state index contributed by atoms with van der Waals surface area (Å²) in [4.78, 5) is 22.0. The number of halogens is 1. The molecule has 1 aromatic rings. The van der Waals surface area contributed by atoms with Crippen molar-refractivity contribution in [2.24, 2.45) is 11.8 Å². The number of aromatic nitrogens is 1. The highest BCUT2D eigenvalue weighted by atomic mass is 19.1. The summed E-state index contributed by atoms with van der Waals surface area (Å²) in [5, 5.41) is 0. The van der Waals surface area contributed by atoms with Gasteiger partial charge in [-0.1, -0.05) is 33.3 Å². The Labute approximate surface area is 176 Å². The van der Waals surface area contributed by atoms with Crippen LogP contribution < -0.4 is 0 Å². The lowest BCUT2D eigenvalue weighted by Crippen LogP contribution is -2.43. The summed E-state index contributed by atoms with van der Waals surface area (Å²) in [7, 11) is 0. The van der Waals surface area contributed by atoms with Crippen molar-refractivity contribution in [2.45, 2.75) is 79.2 Å². The van der Waals surface area contributed by atoms with Crippen molar-refractivity contribution < 1.29 is 9.18 Å². The molecule has 5 heteroatoms. The van der Waals surface area contributed by atoms with Gasteiger partial charge in [-0.05, 0) is 52.5 Å². The first kappa shape index (κ1) is 23.8. The van der Waals surface area contributed by atoms with Gasteiger partial charge in [0.15, 0.2) is 0 Å². The first-order valence-electron chi connectivity index (χ1n) is 11.2. The van der Waals surface area contributed by atoms with Gasteiger partial charge in [-0.2, -0.15) is 4.39 Å². The van der Waals surface area contributed by atoms with Crippen molar-refractivity contribution in [1.29, 1.82) is 0 Å². The van der Waals surface area contributed by atoms with E-state index in [0.29, 0.717) is 30.3 Å². The number of carbonyl (C=O) groups excluding carboxylic acids is 1. The van der Waals surface area contributed by atoms with E-state index in [0.717, 1.165) is 32.4 Å². The fourth-order valence-electron chi connectivity index (χ4n) is 4.15. The van der Waals surface area contributed by atoms with Crippen LogP contribution >= 0.6 is 0 Å². The summed E-state index contributed by atoms with van der Waals surface area (Å²) in [6.45, 7) is 17.7. The predicted octanol–water partition coefficient (Wildman–Crippen LogP) is 5.02. The molecule has 29 heavy (non-hydrogen) atoms. The van der Waals surface area contributed by atoms with Crippen LogP contribution in [0.5, 0.6) is 0 Å². The number of pyridine rings is 1. The number of aryl methyl sites for hydroxylation is 1. The molecule has 1 aliphatic heterocycles. The predicted molar refractivity (Wildman–Crippen MR) is 117 cm³/mol. The van der Waals surface area contributed by atoms with Crippen LogP contribution in [0.1, 0.15) is 78.0 Å². The second-order valence-corrected chi connectivity index (χ2v) is 9.75. The highest BCUT2D eigenvalue weighted by molar-refractivity contribution is 5.80. The Morgan fingerprint density at radius 1 is 1.28 bits per heavy atom. The standard InChI is InChI=1S/C24H40FN3O/c1-8-13-27(14-12-17(3)9-2)23(29)21-16-28(24(5,6)7)15-20(21)19-11-10-18(4)26-22(19)25/h10-11,17,20-21H,8-9,12-16H2,1-7H3. The van der Waals surface area contributed by atoms with Crippen LogP contribution in [0.4, 0.5) is 4.39 Å². The van der Waals surface area contributed by atoms with Crippen LogP contribution in [0.15, 0.2) is 12.1 Å². The SMILES string of the molecule is CCCN(CCC(C)CC)C(=O)C1CN(C(C)(C)C)CC1c1ccc(C)nc1F. The maximum absolute atomic E-state index is 14.8. The molecule has 0 N–H and O–H groups in total. The summed E-state index contributed by atoms with van der Waals surface area (Å²) in [6.07, 6.45) is 3.08. The molecule has 0 aromatic carbocycles. The summed E-state index contributed by atoms with van der Waals surface area (Å²) in [5.41, 5.74) is 1.19. The molecule has 1 saturated heterocycles. The van der Waals surface area contributed by atoms with Gasteiger partial charge in [0.05, 0.1) is 5.92 Å². The van der Waals surface area contributed by atoms with E-state index >= 15 is 0 Å². The molecule has 1 fully saturated rings. The molecule has 2 rings (SSSR count). The fraction of sp³-hybridized carbons (Fsp3) is 0.750. The van der Waals surface area contributed by atoms with Gasteiger partial charge in [0, 0.05) is 48.9 Å². The van der Waals surface area contributed by atoms with Crippen molar-refractivity contribution in [2.75, 3.05) is 26.2 Å². The molecule has 4 nitrogen and oxygen atoms in total. The Balaban J connectivity index is 2.31. The second kappa shape index (κ2) is 10.0. The van der Waals surface area contributed by atoms with Gasteiger partial charge in [0.25, 0.3) is 0 Å². The zero-order valence-corrected chi connectivity index (χ0v) is 19.5. The van der Waals surface area contributed by atoms with E-state index in [1.54, 1.807) is 6.92 Å². The molecule has 3 atom stereocenters. The number of amides is 1. The minimum Gasteiger partial charge on any atom is -0.342 e. The van der Waals surface area contributed by atoms with Crippen molar-refractivity contribution in [3.8, 4) is 0 Å². The number of hydrogen-bond donors (Lipinski definition) is 0. The molecular weight excluding hydrogens is 365 g/mol. The first-order chi connectivity index (χ1) is 13.6. The molecule has 1 aliphatic rings. The van der Waals surface area contributed by atoms with E-state index in [-0.39, 0.29) is 23.3 Å². The number of rotatable bonds is 8. The Morgan fingerprint density at radius 2 is 1.97 bits per heavy atom.